The SMILES string of the molecule is O=C(CCOc1ccccc1)c1ccccc1F. The molecule has 0 fully saturated rings. The number of hydrogen-bond acceptors (Lipinski definition) is 2. The molecule has 0 aromatic heterocycles. The summed E-state index contributed by atoms with van der Waals surface area (Å²) in [4.78, 5) is 11.7. The van der Waals surface area contributed by atoms with E-state index >= 15 is 0 Å². The Morgan fingerprint density at radius 3 is 2.39 bits per heavy atom. The van der Waals surface area contributed by atoms with Gasteiger partial charge >= 0.3 is 0 Å². The molecule has 0 aliphatic carbocycles. The monoisotopic (exact) mass is 244 g/mol. The minimum Gasteiger partial charge on any atom is -0.493 e. The number of halogens is 1. The zero-order valence-electron chi connectivity index (χ0n) is 9.80. The Kier molecular flexibility index (Phi) is 4.07. The fourth-order valence-corrected chi connectivity index (χ4v) is 1.60. The first-order valence-electron chi connectivity index (χ1n) is 5.73. The molecule has 0 aliphatic heterocycles. The van der Waals surface area contributed by atoms with Crippen molar-refractivity contribution in [3.8, 4) is 5.75 Å². The van der Waals surface area contributed by atoms with Crippen LogP contribution in [0.4, 0.5) is 4.39 Å². The second-order valence-corrected chi connectivity index (χ2v) is 3.81. The highest BCUT2D eigenvalue weighted by molar-refractivity contribution is 5.96. The van der Waals surface area contributed by atoms with E-state index in [1.54, 1.807) is 12.1 Å². The Hall–Kier alpha value is -2.16. The third-order valence-corrected chi connectivity index (χ3v) is 2.52. The van der Waals surface area contributed by atoms with Crippen molar-refractivity contribution in [2.75, 3.05) is 6.61 Å². The molecule has 0 N–H and O–H groups in total. The van der Waals surface area contributed by atoms with Gasteiger partial charge in [-0.3, -0.25) is 4.79 Å². The van der Waals surface area contributed by atoms with Gasteiger partial charge in [-0.05, 0) is 24.3 Å². The highest BCUT2D eigenvalue weighted by Gasteiger charge is 2.10. The summed E-state index contributed by atoms with van der Waals surface area (Å²) in [6.07, 6.45) is 0.163. The van der Waals surface area contributed by atoms with Crippen molar-refractivity contribution in [1.82, 2.24) is 0 Å². The van der Waals surface area contributed by atoms with Crippen molar-refractivity contribution in [2.45, 2.75) is 6.42 Å². The van der Waals surface area contributed by atoms with Crippen LogP contribution in [0.15, 0.2) is 54.6 Å². The molecular formula is C15H13FO2. The first-order valence-corrected chi connectivity index (χ1v) is 5.73. The van der Waals surface area contributed by atoms with Gasteiger partial charge in [-0.1, -0.05) is 30.3 Å². The van der Waals surface area contributed by atoms with E-state index < -0.39 is 5.82 Å². The molecule has 18 heavy (non-hydrogen) atoms. The van der Waals surface area contributed by atoms with Crippen molar-refractivity contribution >= 4 is 5.78 Å². The Morgan fingerprint density at radius 2 is 1.67 bits per heavy atom. The lowest BCUT2D eigenvalue weighted by molar-refractivity contribution is 0.0958. The number of ether oxygens (including phenoxy) is 1. The smallest absolute Gasteiger partial charge is 0.169 e. The van der Waals surface area contributed by atoms with E-state index in [0.717, 1.165) is 0 Å². The normalized spacial score (nSPS) is 10.1. The third kappa shape index (κ3) is 3.17. The second-order valence-electron chi connectivity index (χ2n) is 3.81. The number of para-hydroxylation sites is 1. The Labute approximate surface area is 105 Å². The van der Waals surface area contributed by atoms with Crippen LogP contribution in [0, 0.1) is 5.82 Å². The fourth-order valence-electron chi connectivity index (χ4n) is 1.60. The first kappa shape index (κ1) is 12.3. The molecule has 2 rings (SSSR count). The summed E-state index contributed by atoms with van der Waals surface area (Å²) in [5, 5.41) is 0. The summed E-state index contributed by atoms with van der Waals surface area (Å²) >= 11 is 0. The van der Waals surface area contributed by atoms with Gasteiger partial charge in [0.25, 0.3) is 0 Å². The van der Waals surface area contributed by atoms with E-state index in [1.165, 1.54) is 12.1 Å². The summed E-state index contributed by atoms with van der Waals surface area (Å²) in [5.74, 6) is -0.0231. The Bertz CT molecular complexity index is 523. The molecule has 2 nitrogen and oxygen atoms in total. The van der Waals surface area contributed by atoms with E-state index in [-0.39, 0.29) is 24.4 Å². The first-order chi connectivity index (χ1) is 8.77. The fraction of sp³-hybridized carbons (Fsp3) is 0.133. The number of carbonyl (C=O) groups excluding carboxylic acids is 1. The predicted molar refractivity (Wildman–Crippen MR) is 67.3 cm³/mol. The molecule has 2 aromatic carbocycles. The van der Waals surface area contributed by atoms with Crippen LogP contribution in [0.1, 0.15) is 16.8 Å². The lowest BCUT2D eigenvalue weighted by Gasteiger charge is -2.05. The molecule has 0 amide bonds. The summed E-state index contributed by atoms with van der Waals surface area (Å²) in [6.45, 7) is 0.247. The maximum absolute atomic E-state index is 13.3. The van der Waals surface area contributed by atoms with Gasteiger partial charge in [0.1, 0.15) is 11.6 Å². The highest BCUT2D eigenvalue weighted by Crippen LogP contribution is 2.11. The number of rotatable bonds is 5. The van der Waals surface area contributed by atoms with Crippen LogP contribution < -0.4 is 4.74 Å². The van der Waals surface area contributed by atoms with E-state index in [9.17, 15) is 9.18 Å². The van der Waals surface area contributed by atoms with Gasteiger partial charge in [-0.2, -0.15) is 0 Å². The zero-order valence-corrected chi connectivity index (χ0v) is 9.80. The van der Waals surface area contributed by atoms with Crippen LogP contribution in [0.25, 0.3) is 0 Å². The molecule has 0 heterocycles. The van der Waals surface area contributed by atoms with Gasteiger partial charge in [0.15, 0.2) is 5.78 Å². The van der Waals surface area contributed by atoms with Gasteiger partial charge in [0.2, 0.25) is 0 Å². The molecular weight excluding hydrogens is 231 g/mol. The summed E-state index contributed by atoms with van der Waals surface area (Å²) < 4.78 is 18.7. The van der Waals surface area contributed by atoms with Crippen LogP contribution in [0.5, 0.6) is 5.75 Å². The van der Waals surface area contributed by atoms with Crippen LogP contribution in [-0.4, -0.2) is 12.4 Å². The average molecular weight is 244 g/mol. The predicted octanol–water partition coefficient (Wildman–Crippen LogP) is 3.48. The summed E-state index contributed by atoms with van der Waals surface area (Å²) in [5.41, 5.74) is 0.120. The van der Waals surface area contributed by atoms with E-state index in [2.05, 4.69) is 0 Å². The van der Waals surface area contributed by atoms with Crippen LogP contribution in [-0.2, 0) is 0 Å². The molecule has 0 spiro atoms. The molecule has 3 heteroatoms. The van der Waals surface area contributed by atoms with Gasteiger partial charge < -0.3 is 4.74 Å². The number of benzene rings is 2. The van der Waals surface area contributed by atoms with Gasteiger partial charge in [0.05, 0.1) is 12.2 Å². The summed E-state index contributed by atoms with van der Waals surface area (Å²) in [7, 11) is 0. The van der Waals surface area contributed by atoms with Crippen LogP contribution in [0.3, 0.4) is 0 Å². The molecule has 92 valence electrons. The molecule has 0 saturated carbocycles. The molecule has 0 bridgehead atoms. The summed E-state index contributed by atoms with van der Waals surface area (Å²) in [6, 6.07) is 15.2. The van der Waals surface area contributed by atoms with E-state index in [4.69, 9.17) is 4.74 Å². The third-order valence-electron chi connectivity index (χ3n) is 2.52. The molecule has 2 aromatic rings. The van der Waals surface area contributed by atoms with Crippen molar-refractivity contribution in [3.63, 3.8) is 0 Å². The van der Waals surface area contributed by atoms with Gasteiger partial charge in [-0.25, -0.2) is 4.39 Å². The topological polar surface area (TPSA) is 26.3 Å². The molecule has 0 saturated heterocycles. The highest BCUT2D eigenvalue weighted by atomic mass is 19.1. The van der Waals surface area contributed by atoms with Crippen molar-refractivity contribution in [2.24, 2.45) is 0 Å². The minimum absolute atomic E-state index is 0.120. The van der Waals surface area contributed by atoms with Crippen molar-refractivity contribution in [1.29, 1.82) is 0 Å². The van der Waals surface area contributed by atoms with Crippen LogP contribution in [0.2, 0.25) is 0 Å². The number of carbonyl (C=O) groups is 1. The molecule has 0 atom stereocenters. The minimum atomic E-state index is -0.484. The number of ketones is 1. The number of Topliss-reactive ketones (excluding diaryl/α,β-unsaturated/α-hetero) is 1. The Morgan fingerprint density at radius 1 is 1.00 bits per heavy atom. The molecule has 0 aliphatic rings. The molecule has 0 radical (unpaired) electrons. The second kappa shape index (κ2) is 5.96. The standard InChI is InChI=1S/C15H13FO2/c16-14-9-5-4-8-13(14)15(17)10-11-18-12-6-2-1-3-7-12/h1-9H,10-11H2. The zero-order chi connectivity index (χ0) is 12.8. The maximum atomic E-state index is 13.3. The maximum Gasteiger partial charge on any atom is 0.169 e. The van der Waals surface area contributed by atoms with Gasteiger partial charge in [-0.15, -0.1) is 0 Å². The lowest BCUT2D eigenvalue weighted by atomic mass is 10.1. The van der Waals surface area contributed by atoms with Gasteiger partial charge in [0, 0.05) is 6.42 Å². The lowest BCUT2D eigenvalue weighted by Crippen LogP contribution is -2.08. The van der Waals surface area contributed by atoms with E-state index in [0.29, 0.717) is 5.75 Å². The van der Waals surface area contributed by atoms with Crippen LogP contribution >= 0.6 is 0 Å². The molecule has 0 unspecified atom stereocenters. The quantitative estimate of drug-likeness (QED) is 0.753. The van der Waals surface area contributed by atoms with Crippen molar-refractivity contribution in [3.05, 3.63) is 66.0 Å². The van der Waals surface area contributed by atoms with E-state index in [1.807, 2.05) is 30.3 Å². The Balaban J connectivity index is 1.88. The van der Waals surface area contributed by atoms with Crippen molar-refractivity contribution < 1.29 is 13.9 Å². The number of hydrogen-bond donors (Lipinski definition) is 0. The largest absolute Gasteiger partial charge is 0.493 e. The average Bonchev–Trinajstić information content (AvgIpc) is 2.40.